The first-order valence-electron chi connectivity index (χ1n) is 6.31. The third-order valence-electron chi connectivity index (χ3n) is 3.33. The second-order valence-corrected chi connectivity index (χ2v) is 4.70. The Labute approximate surface area is 112 Å². The molecule has 0 atom stereocenters. The first-order chi connectivity index (χ1) is 9.24. The van der Waals surface area contributed by atoms with Crippen LogP contribution in [0.4, 0.5) is 4.39 Å². The highest BCUT2D eigenvalue weighted by Crippen LogP contribution is 2.22. The molecule has 1 aliphatic heterocycles. The van der Waals surface area contributed by atoms with Crippen molar-refractivity contribution in [1.29, 1.82) is 0 Å². The largest absolute Gasteiger partial charge is 0.280 e. The summed E-state index contributed by atoms with van der Waals surface area (Å²) in [5, 5.41) is 0. The maximum atomic E-state index is 13.3. The van der Waals surface area contributed by atoms with Crippen LogP contribution in [-0.2, 0) is 0 Å². The van der Waals surface area contributed by atoms with E-state index in [2.05, 4.69) is 23.2 Å². The van der Waals surface area contributed by atoms with E-state index in [9.17, 15) is 4.39 Å². The predicted molar refractivity (Wildman–Crippen MR) is 77.0 cm³/mol. The SMILES string of the molecule is Cc1cc(C2=NCC(c3ccccc3)=C2)ccc1F. The van der Waals surface area contributed by atoms with E-state index in [1.165, 1.54) is 17.2 Å². The smallest absolute Gasteiger partial charge is 0.126 e. The maximum absolute atomic E-state index is 13.3. The Hall–Kier alpha value is -2.22. The minimum Gasteiger partial charge on any atom is -0.280 e. The minimum absolute atomic E-state index is 0.172. The Kier molecular flexibility index (Phi) is 3.00. The summed E-state index contributed by atoms with van der Waals surface area (Å²) in [6.07, 6.45) is 2.09. The molecule has 0 radical (unpaired) electrons. The molecule has 1 aliphatic rings. The van der Waals surface area contributed by atoms with Crippen molar-refractivity contribution in [2.45, 2.75) is 6.92 Å². The highest BCUT2D eigenvalue weighted by molar-refractivity contribution is 6.15. The molecule has 0 aromatic heterocycles. The Morgan fingerprint density at radius 2 is 1.79 bits per heavy atom. The molecule has 0 aliphatic carbocycles. The summed E-state index contributed by atoms with van der Waals surface area (Å²) in [6, 6.07) is 15.3. The topological polar surface area (TPSA) is 12.4 Å². The third kappa shape index (κ3) is 2.34. The van der Waals surface area contributed by atoms with E-state index in [0.717, 1.165) is 11.3 Å². The second-order valence-electron chi connectivity index (χ2n) is 4.70. The van der Waals surface area contributed by atoms with E-state index in [0.29, 0.717) is 12.1 Å². The van der Waals surface area contributed by atoms with Gasteiger partial charge in [-0.3, -0.25) is 4.99 Å². The van der Waals surface area contributed by atoms with Crippen LogP contribution < -0.4 is 0 Å². The van der Waals surface area contributed by atoms with Crippen LogP contribution in [0.15, 0.2) is 59.6 Å². The van der Waals surface area contributed by atoms with Crippen molar-refractivity contribution < 1.29 is 4.39 Å². The zero-order valence-electron chi connectivity index (χ0n) is 10.7. The number of hydrogen-bond acceptors (Lipinski definition) is 1. The van der Waals surface area contributed by atoms with Crippen LogP contribution in [0.5, 0.6) is 0 Å². The maximum Gasteiger partial charge on any atom is 0.126 e. The molecule has 2 heteroatoms. The van der Waals surface area contributed by atoms with E-state index in [1.54, 1.807) is 13.0 Å². The normalized spacial score (nSPS) is 14.2. The number of aryl methyl sites for hydroxylation is 1. The average Bonchev–Trinajstić information content (AvgIpc) is 2.93. The van der Waals surface area contributed by atoms with Crippen LogP contribution >= 0.6 is 0 Å². The first-order valence-corrected chi connectivity index (χ1v) is 6.31. The number of benzene rings is 2. The van der Waals surface area contributed by atoms with Gasteiger partial charge < -0.3 is 0 Å². The molecule has 0 saturated heterocycles. The van der Waals surface area contributed by atoms with Gasteiger partial charge in [-0.15, -0.1) is 0 Å². The Balaban J connectivity index is 1.92. The van der Waals surface area contributed by atoms with Gasteiger partial charge in [0.05, 0.1) is 12.3 Å². The average molecular weight is 251 g/mol. The summed E-state index contributed by atoms with van der Waals surface area (Å²) in [5.74, 6) is -0.172. The van der Waals surface area contributed by atoms with E-state index >= 15 is 0 Å². The number of allylic oxidation sites excluding steroid dienone is 1. The van der Waals surface area contributed by atoms with E-state index in [1.807, 2.05) is 24.3 Å². The van der Waals surface area contributed by atoms with Crippen LogP contribution in [0.25, 0.3) is 5.57 Å². The number of halogens is 1. The van der Waals surface area contributed by atoms with Crippen LogP contribution in [0, 0.1) is 12.7 Å². The highest BCUT2D eigenvalue weighted by atomic mass is 19.1. The van der Waals surface area contributed by atoms with Gasteiger partial charge in [-0.1, -0.05) is 30.3 Å². The molecule has 0 spiro atoms. The molecular formula is C17H14FN. The molecule has 0 amide bonds. The van der Waals surface area contributed by atoms with Gasteiger partial charge in [0.25, 0.3) is 0 Å². The molecule has 0 unspecified atom stereocenters. The van der Waals surface area contributed by atoms with E-state index in [-0.39, 0.29) is 5.82 Å². The van der Waals surface area contributed by atoms with Gasteiger partial charge in [-0.2, -0.15) is 0 Å². The van der Waals surface area contributed by atoms with Crippen LogP contribution in [-0.4, -0.2) is 12.3 Å². The lowest BCUT2D eigenvalue weighted by molar-refractivity contribution is 0.618. The molecule has 2 aromatic rings. The van der Waals surface area contributed by atoms with Crippen LogP contribution in [0.1, 0.15) is 16.7 Å². The van der Waals surface area contributed by atoms with Gasteiger partial charge in [0.15, 0.2) is 0 Å². The summed E-state index contributed by atoms with van der Waals surface area (Å²) in [5.41, 5.74) is 4.96. The van der Waals surface area contributed by atoms with Gasteiger partial charge in [0, 0.05) is 5.56 Å². The number of hydrogen-bond donors (Lipinski definition) is 0. The molecule has 0 fully saturated rings. The minimum atomic E-state index is -0.172. The van der Waals surface area contributed by atoms with Gasteiger partial charge in [-0.25, -0.2) is 4.39 Å². The Morgan fingerprint density at radius 1 is 1.00 bits per heavy atom. The molecule has 1 nitrogen and oxygen atoms in total. The lowest BCUT2D eigenvalue weighted by Gasteiger charge is -2.01. The molecule has 3 rings (SSSR count). The fourth-order valence-corrected chi connectivity index (χ4v) is 2.23. The van der Waals surface area contributed by atoms with Crippen molar-refractivity contribution in [3.8, 4) is 0 Å². The predicted octanol–water partition coefficient (Wildman–Crippen LogP) is 4.02. The molecule has 1 heterocycles. The lowest BCUT2D eigenvalue weighted by atomic mass is 10.0. The summed E-state index contributed by atoms with van der Waals surface area (Å²) < 4.78 is 13.3. The molecular weight excluding hydrogens is 237 g/mol. The first kappa shape index (κ1) is 11.8. The summed E-state index contributed by atoms with van der Waals surface area (Å²) in [6.45, 7) is 2.46. The van der Waals surface area contributed by atoms with Crippen molar-refractivity contribution in [3.05, 3.63) is 77.1 Å². The fraction of sp³-hybridized carbons (Fsp3) is 0.118. The Morgan fingerprint density at radius 3 is 2.53 bits per heavy atom. The van der Waals surface area contributed by atoms with Crippen molar-refractivity contribution in [1.82, 2.24) is 0 Å². The van der Waals surface area contributed by atoms with Crippen molar-refractivity contribution in [2.24, 2.45) is 4.99 Å². The number of nitrogens with zero attached hydrogens (tertiary/aromatic N) is 1. The van der Waals surface area contributed by atoms with Gasteiger partial charge in [0.1, 0.15) is 5.82 Å². The molecule has 0 bridgehead atoms. The zero-order valence-corrected chi connectivity index (χ0v) is 10.7. The quantitative estimate of drug-likeness (QED) is 0.764. The lowest BCUT2D eigenvalue weighted by Crippen LogP contribution is -1.96. The highest BCUT2D eigenvalue weighted by Gasteiger charge is 2.12. The molecule has 19 heavy (non-hydrogen) atoms. The van der Waals surface area contributed by atoms with E-state index in [4.69, 9.17) is 0 Å². The summed E-state index contributed by atoms with van der Waals surface area (Å²) in [4.78, 5) is 4.54. The van der Waals surface area contributed by atoms with Gasteiger partial charge in [-0.05, 0) is 47.9 Å². The molecule has 94 valence electrons. The monoisotopic (exact) mass is 251 g/mol. The van der Waals surface area contributed by atoms with Gasteiger partial charge in [0.2, 0.25) is 0 Å². The third-order valence-corrected chi connectivity index (χ3v) is 3.33. The summed E-state index contributed by atoms with van der Waals surface area (Å²) in [7, 11) is 0. The number of rotatable bonds is 2. The van der Waals surface area contributed by atoms with Crippen LogP contribution in [0.2, 0.25) is 0 Å². The zero-order chi connectivity index (χ0) is 13.2. The molecule has 0 N–H and O–H groups in total. The van der Waals surface area contributed by atoms with Gasteiger partial charge >= 0.3 is 0 Å². The van der Waals surface area contributed by atoms with Crippen molar-refractivity contribution in [3.63, 3.8) is 0 Å². The summed E-state index contributed by atoms with van der Waals surface area (Å²) >= 11 is 0. The fourth-order valence-electron chi connectivity index (χ4n) is 2.23. The second kappa shape index (κ2) is 4.81. The molecule has 2 aromatic carbocycles. The van der Waals surface area contributed by atoms with Crippen molar-refractivity contribution in [2.75, 3.05) is 6.54 Å². The standard InChI is InChI=1S/C17H14FN/c1-12-9-14(7-8-16(12)18)17-10-15(11-19-17)13-5-3-2-4-6-13/h2-10H,11H2,1H3. The van der Waals surface area contributed by atoms with Crippen molar-refractivity contribution >= 4 is 11.3 Å². The van der Waals surface area contributed by atoms with E-state index < -0.39 is 0 Å². The number of aliphatic imine (C=N–C) groups is 1. The Bertz CT molecular complexity index is 669. The molecule has 0 saturated carbocycles. The van der Waals surface area contributed by atoms with Crippen LogP contribution in [0.3, 0.4) is 0 Å².